The zero-order valence-corrected chi connectivity index (χ0v) is 14.5. The third kappa shape index (κ3) is 3.17. The summed E-state index contributed by atoms with van der Waals surface area (Å²) in [4.78, 5) is 30.6. The quantitative estimate of drug-likeness (QED) is 0.747. The minimum atomic E-state index is -0.0983. The van der Waals surface area contributed by atoms with Crippen LogP contribution in [-0.2, 0) is 4.79 Å². The number of rotatable bonds is 4. The van der Waals surface area contributed by atoms with Crippen LogP contribution >= 0.6 is 0 Å². The van der Waals surface area contributed by atoms with Gasteiger partial charge in [-0.3, -0.25) is 4.79 Å². The summed E-state index contributed by atoms with van der Waals surface area (Å²) in [6, 6.07) is 7.35. The highest BCUT2D eigenvalue weighted by molar-refractivity contribution is 5.93. The fraction of sp³-hybridized carbons (Fsp3) is 0.333. The lowest BCUT2D eigenvalue weighted by atomic mass is 9.97. The largest absolute Gasteiger partial charge is 0.497 e. The Labute approximate surface area is 150 Å². The Hall–Kier alpha value is -3.16. The number of nitrogens with one attached hydrogen (secondary N) is 2. The van der Waals surface area contributed by atoms with Crippen molar-refractivity contribution in [3.63, 3.8) is 0 Å². The Morgan fingerprint density at radius 1 is 1.27 bits per heavy atom. The fourth-order valence-electron chi connectivity index (χ4n) is 3.29. The molecule has 1 amide bonds. The number of aromatic nitrogens is 4. The molecule has 1 aromatic carbocycles. The molecule has 1 atom stereocenters. The van der Waals surface area contributed by atoms with Crippen LogP contribution in [0.3, 0.4) is 0 Å². The molecule has 1 fully saturated rings. The van der Waals surface area contributed by atoms with Gasteiger partial charge < -0.3 is 19.9 Å². The molecule has 26 heavy (non-hydrogen) atoms. The Kier molecular flexibility index (Phi) is 4.39. The second-order valence-corrected chi connectivity index (χ2v) is 6.30. The van der Waals surface area contributed by atoms with E-state index in [1.807, 2.05) is 24.3 Å². The molecule has 3 heterocycles. The molecule has 1 aliphatic heterocycles. The van der Waals surface area contributed by atoms with E-state index in [1.54, 1.807) is 13.4 Å². The van der Waals surface area contributed by atoms with Crippen molar-refractivity contribution in [1.29, 1.82) is 0 Å². The Balaban J connectivity index is 1.47. The number of hydrogen-bond donors (Lipinski definition) is 2. The van der Waals surface area contributed by atoms with Crippen LogP contribution in [0.25, 0.3) is 11.2 Å². The molecule has 1 saturated heterocycles. The SMILES string of the molecule is COc1ccc(NC(=O)[C@@H]2CCCN(c3ncnc4nc[nH]c34)C2)cc1. The highest BCUT2D eigenvalue weighted by Gasteiger charge is 2.28. The number of methoxy groups -OCH3 is 1. The fourth-order valence-corrected chi connectivity index (χ4v) is 3.29. The molecule has 0 aliphatic carbocycles. The first-order valence-corrected chi connectivity index (χ1v) is 8.58. The average Bonchev–Trinajstić information content (AvgIpc) is 3.17. The molecule has 0 spiro atoms. The minimum Gasteiger partial charge on any atom is -0.497 e. The maximum Gasteiger partial charge on any atom is 0.229 e. The summed E-state index contributed by atoms with van der Waals surface area (Å²) >= 11 is 0. The molecule has 2 aromatic heterocycles. The van der Waals surface area contributed by atoms with E-state index in [1.165, 1.54) is 6.33 Å². The number of imidazole rings is 1. The van der Waals surface area contributed by atoms with E-state index in [0.717, 1.165) is 42.2 Å². The minimum absolute atomic E-state index is 0.0229. The van der Waals surface area contributed by atoms with Gasteiger partial charge in [0.15, 0.2) is 11.5 Å². The second kappa shape index (κ2) is 6.99. The molecule has 0 unspecified atom stereocenters. The molecule has 134 valence electrons. The Morgan fingerprint density at radius 2 is 2.12 bits per heavy atom. The van der Waals surface area contributed by atoms with E-state index in [2.05, 4.69) is 30.2 Å². The zero-order valence-electron chi connectivity index (χ0n) is 14.5. The molecular formula is C18H20N6O2. The lowest BCUT2D eigenvalue weighted by Crippen LogP contribution is -2.41. The van der Waals surface area contributed by atoms with Gasteiger partial charge in [-0.1, -0.05) is 0 Å². The number of carbonyl (C=O) groups is 1. The number of fused-ring (bicyclic) bond motifs is 1. The number of amides is 1. The Bertz CT molecular complexity index is 907. The summed E-state index contributed by atoms with van der Waals surface area (Å²) in [6.07, 6.45) is 4.91. The molecule has 4 rings (SSSR count). The summed E-state index contributed by atoms with van der Waals surface area (Å²) in [7, 11) is 1.62. The maximum atomic E-state index is 12.7. The van der Waals surface area contributed by atoms with Gasteiger partial charge in [0.25, 0.3) is 0 Å². The third-order valence-corrected chi connectivity index (χ3v) is 4.65. The topological polar surface area (TPSA) is 96.0 Å². The van der Waals surface area contributed by atoms with Crippen LogP contribution in [0.2, 0.25) is 0 Å². The number of piperidine rings is 1. The highest BCUT2D eigenvalue weighted by atomic mass is 16.5. The summed E-state index contributed by atoms with van der Waals surface area (Å²) in [5.41, 5.74) is 2.22. The van der Waals surface area contributed by atoms with Gasteiger partial charge in [0, 0.05) is 18.8 Å². The van der Waals surface area contributed by atoms with E-state index in [4.69, 9.17) is 4.74 Å². The summed E-state index contributed by atoms with van der Waals surface area (Å²) in [5.74, 6) is 1.49. The van der Waals surface area contributed by atoms with Gasteiger partial charge in [0.05, 0.1) is 19.4 Å². The molecule has 2 N–H and O–H groups in total. The van der Waals surface area contributed by atoms with Gasteiger partial charge in [-0.15, -0.1) is 0 Å². The first kappa shape index (κ1) is 16.3. The van der Waals surface area contributed by atoms with E-state index in [0.29, 0.717) is 12.2 Å². The number of anilines is 2. The molecular weight excluding hydrogens is 332 g/mol. The number of aromatic amines is 1. The lowest BCUT2D eigenvalue weighted by Gasteiger charge is -2.32. The van der Waals surface area contributed by atoms with E-state index >= 15 is 0 Å². The molecule has 0 saturated carbocycles. The molecule has 0 bridgehead atoms. The van der Waals surface area contributed by atoms with Crippen LogP contribution in [0.1, 0.15) is 12.8 Å². The number of hydrogen-bond acceptors (Lipinski definition) is 6. The predicted octanol–water partition coefficient (Wildman–Crippen LogP) is 2.22. The zero-order chi connectivity index (χ0) is 17.9. The van der Waals surface area contributed by atoms with Crippen molar-refractivity contribution in [2.24, 2.45) is 5.92 Å². The van der Waals surface area contributed by atoms with Gasteiger partial charge in [-0.25, -0.2) is 15.0 Å². The van der Waals surface area contributed by atoms with E-state index < -0.39 is 0 Å². The van der Waals surface area contributed by atoms with E-state index in [-0.39, 0.29) is 11.8 Å². The highest BCUT2D eigenvalue weighted by Crippen LogP contribution is 2.26. The van der Waals surface area contributed by atoms with Gasteiger partial charge in [0.1, 0.15) is 17.6 Å². The molecule has 0 radical (unpaired) electrons. The van der Waals surface area contributed by atoms with Crippen molar-refractivity contribution >= 4 is 28.6 Å². The van der Waals surface area contributed by atoms with Gasteiger partial charge in [-0.05, 0) is 37.1 Å². The van der Waals surface area contributed by atoms with Crippen molar-refractivity contribution in [2.45, 2.75) is 12.8 Å². The molecule has 8 heteroatoms. The number of benzene rings is 1. The van der Waals surface area contributed by atoms with Crippen LogP contribution in [0, 0.1) is 5.92 Å². The summed E-state index contributed by atoms with van der Waals surface area (Å²) in [6.45, 7) is 1.48. The second-order valence-electron chi connectivity index (χ2n) is 6.30. The average molecular weight is 352 g/mol. The first-order chi connectivity index (χ1) is 12.7. The van der Waals surface area contributed by atoms with Crippen LogP contribution in [0.15, 0.2) is 36.9 Å². The third-order valence-electron chi connectivity index (χ3n) is 4.65. The van der Waals surface area contributed by atoms with Crippen LogP contribution in [0.4, 0.5) is 11.5 Å². The standard InChI is InChI=1S/C18H20N6O2/c1-26-14-6-4-13(5-7-14)23-18(25)12-3-2-8-24(9-12)17-15-16(20-10-19-15)21-11-22-17/h4-7,10-12H,2-3,8-9H2,1H3,(H,23,25)(H,19,20,21,22)/t12-/m1/s1. The van der Waals surface area contributed by atoms with Gasteiger partial charge in [-0.2, -0.15) is 0 Å². The normalized spacial score (nSPS) is 17.3. The van der Waals surface area contributed by atoms with E-state index in [9.17, 15) is 4.79 Å². The number of H-pyrrole nitrogens is 1. The van der Waals surface area contributed by atoms with Crippen molar-refractivity contribution < 1.29 is 9.53 Å². The van der Waals surface area contributed by atoms with Crippen molar-refractivity contribution in [2.75, 3.05) is 30.4 Å². The smallest absolute Gasteiger partial charge is 0.229 e. The van der Waals surface area contributed by atoms with Crippen molar-refractivity contribution in [1.82, 2.24) is 19.9 Å². The first-order valence-electron chi connectivity index (χ1n) is 8.58. The van der Waals surface area contributed by atoms with Gasteiger partial charge in [0.2, 0.25) is 5.91 Å². The number of carbonyl (C=O) groups excluding carboxylic acids is 1. The predicted molar refractivity (Wildman–Crippen MR) is 98.2 cm³/mol. The Morgan fingerprint density at radius 3 is 2.92 bits per heavy atom. The molecule has 8 nitrogen and oxygen atoms in total. The molecule has 1 aliphatic rings. The van der Waals surface area contributed by atoms with Crippen LogP contribution in [0.5, 0.6) is 5.75 Å². The number of ether oxygens (including phenoxy) is 1. The van der Waals surface area contributed by atoms with Crippen LogP contribution < -0.4 is 15.0 Å². The summed E-state index contributed by atoms with van der Waals surface area (Å²) in [5, 5.41) is 2.99. The maximum absolute atomic E-state index is 12.7. The summed E-state index contributed by atoms with van der Waals surface area (Å²) < 4.78 is 5.14. The lowest BCUT2D eigenvalue weighted by molar-refractivity contribution is -0.120. The number of nitrogens with zero attached hydrogens (tertiary/aromatic N) is 4. The van der Waals surface area contributed by atoms with Crippen LogP contribution in [-0.4, -0.2) is 46.0 Å². The molecule has 3 aromatic rings. The van der Waals surface area contributed by atoms with Gasteiger partial charge >= 0.3 is 0 Å². The monoisotopic (exact) mass is 352 g/mol. The van der Waals surface area contributed by atoms with Crippen molar-refractivity contribution in [3.05, 3.63) is 36.9 Å². The van der Waals surface area contributed by atoms with Crippen molar-refractivity contribution in [3.8, 4) is 5.75 Å².